The van der Waals surface area contributed by atoms with Crippen molar-refractivity contribution in [2.75, 3.05) is 6.61 Å². The number of benzene rings is 1. The number of ether oxygens (including phenoxy) is 1. The van der Waals surface area contributed by atoms with Gasteiger partial charge in [-0.2, -0.15) is 0 Å². The molecule has 1 unspecified atom stereocenters. The summed E-state index contributed by atoms with van der Waals surface area (Å²) >= 11 is 0. The van der Waals surface area contributed by atoms with E-state index in [9.17, 15) is 4.79 Å². The lowest BCUT2D eigenvalue weighted by atomic mass is 9.81. The van der Waals surface area contributed by atoms with Gasteiger partial charge in [-0.3, -0.25) is 4.79 Å². The highest BCUT2D eigenvalue weighted by molar-refractivity contribution is 5.86. The second-order valence-electron chi connectivity index (χ2n) is 5.79. The molecule has 20 heavy (non-hydrogen) atoms. The molecule has 0 N–H and O–H groups in total. The minimum absolute atomic E-state index is 0.000995. The number of hydrogen-bond donors (Lipinski definition) is 0. The highest BCUT2D eigenvalue weighted by Gasteiger charge is 2.25. The third-order valence-corrected chi connectivity index (χ3v) is 3.94. The molecular weight excluding hydrogens is 248 g/mol. The molecule has 1 atom stereocenters. The van der Waals surface area contributed by atoms with Crippen molar-refractivity contribution < 1.29 is 9.53 Å². The van der Waals surface area contributed by atoms with Crippen LogP contribution < -0.4 is 4.74 Å². The van der Waals surface area contributed by atoms with Gasteiger partial charge in [0.2, 0.25) is 0 Å². The van der Waals surface area contributed by atoms with Crippen molar-refractivity contribution in [1.29, 1.82) is 0 Å². The van der Waals surface area contributed by atoms with Crippen LogP contribution in [0, 0.1) is 19.8 Å². The van der Waals surface area contributed by atoms with Crippen LogP contribution in [0.1, 0.15) is 63.1 Å². The number of hydrogen-bond acceptors (Lipinski definition) is 2. The maximum atomic E-state index is 12.2. The fourth-order valence-corrected chi connectivity index (χ4v) is 2.65. The first-order valence-electron chi connectivity index (χ1n) is 7.69. The first kappa shape index (κ1) is 16.7. The summed E-state index contributed by atoms with van der Waals surface area (Å²) in [5.41, 5.74) is 3.51. The molecule has 1 aromatic rings. The van der Waals surface area contributed by atoms with Crippen LogP contribution in [-0.4, -0.2) is 12.4 Å². The van der Waals surface area contributed by atoms with Crippen molar-refractivity contribution in [2.24, 2.45) is 5.92 Å². The van der Waals surface area contributed by atoms with Crippen molar-refractivity contribution in [3.63, 3.8) is 0 Å². The maximum Gasteiger partial charge on any atom is 0.140 e. The van der Waals surface area contributed by atoms with Gasteiger partial charge in [0.25, 0.3) is 0 Å². The molecule has 0 aliphatic rings. The molecule has 112 valence electrons. The van der Waals surface area contributed by atoms with Gasteiger partial charge in [0.15, 0.2) is 0 Å². The van der Waals surface area contributed by atoms with Gasteiger partial charge in [-0.15, -0.1) is 0 Å². The van der Waals surface area contributed by atoms with Gasteiger partial charge in [-0.05, 0) is 48.9 Å². The largest absolute Gasteiger partial charge is 0.493 e. The van der Waals surface area contributed by atoms with Gasteiger partial charge in [0, 0.05) is 12.3 Å². The van der Waals surface area contributed by atoms with E-state index in [1.165, 1.54) is 5.56 Å². The van der Waals surface area contributed by atoms with Gasteiger partial charge in [-0.1, -0.05) is 33.8 Å². The van der Waals surface area contributed by atoms with Crippen LogP contribution in [0.2, 0.25) is 0 Å². The predicted octanol–water partition coefficient (Wildman–Crippen LogP) is 4.81. The van der Waals surface area contributed by atoms with Crippen molar-refractivity contribution in [3.05, 3.63) is 28.8 Å². The standard InChI is InChI=1S/C18H28O2/c1-7-11-20-17-10-9-15(13(5)14(17)6)18(12(3)4)16(19)8-2/h9-10,12,18H,7-8,11H2,1-6H3. The molecule has 2 nitrogen and oxygen atoms in total. The van der Waals surface area contributed by atoms with Gasteiger partial charge in [0.1, 0.15) is 11.5 Å². The maximum absolute atomic E-state index is 12.2. The SMILES string of the molecule is CCCOc1ccc(C(C(=O)CC)C(C)C)c(C)c1C. The van der Waals surface area contributed by atoms with Crippen LogP contribution in [0.5, 0.6) is 5.75 Å². The average molecular weight is 276 g/mol. The van der Waals surface area contributed by atoms with Crippen LogP contribution in [0.15, 0.2) is 12.1 Å². The Balaban J connectivity index is 3.18. The lowest BCUT2D eigenvalue weighted by molar-refractivity contribution is -0.121. The smallest absolute Gasteiger partial charge is 0.140 e. The second-order valence-corrected chi connectivity index (χ2v) is 5.79. The fourth-order valence-electron chi connectivity index (χ4n) is 2.65. The number of carbonyl (C=O) groups excluding carboxylic acids is 1. The second kappa shape index (κ2) is 7.47. The first-order chi connectivity index (χ1) is 9.43. The van der Waals surface area contributed by atoms with Gasteiger partial charge >= 0.3 is 0 Å². The van der Waals surface area contributed by atoms with Crippen LogP contribution in [0.4, 0.5) is 0 Å². The van der Waals surface area contributed by atoms with E-state index in [0.717, 1.165) is 29.9 Å². The molecule has 0 saturated heterocycles. The molecule has 0 radical (unpaired) electrons. The Bertz CT molecular complexity index is 461. The highest BCUT2D eigenvalue weighted by Crippen LogP contribution is 2.33. The van der Waals surface area contributed by atoms with Crippen LogP contribution in [-0.2, 0) is 4.79 Å². The summed E-state index contributed by atoms with van der Waals surface area (Å²) in [6.45, 7) is 13.2. The summed E-state index contributed by atoms with van der Waals surface area (Å²) in [6.07, 6.45) is 1.60. The Morgan fingerprint density at radius 3 is 2.30 bits per heavy atom. The van der Waals surface area contributed by atoms with Crippen LogP contribution in [0.25, 0.3) is 0 Å². The monoisotopic (exact) mass is 276 g/mol. The third-order valence-electron chi connectivity index (χ3n) is 3.94. The molecule has 1 aromatic carbocycles. The minimum Gasteiger partial charge on any atom is -0.493 e. The molecule has 0 aliphatic carbocycles. The summed E-state index contributed by atoms with van der Waals surface area (Å²) in [6, 6.07) is 4.09. The Labute approximate surface area is 123 Å². The predicted molar refractivity (Wildman–Crippen MR) is 84.6 cm³/mol. The Kier molecular flexibility index (Phi) is 6.25. The molecule has 0 aliphatic heterocycles. The molecule has 2 heteroatoms. The zero-order valence-electron chi connectivity index (χ0n) is 13.7. The van der Waals surface area contributed by atoms with Crippen LogP contribution in [0.3, 0.4) is 0 Å². The van der Waals surface area contributed by atoms with E-state index < -0.39 is 0 Å². The topological polar surface area (TPSA) is 26.3 Å². The van der Waals surface area contributed by atoms with Gasteiger partial charge in [-0.25, -0.2) is 0 Å². The summed E-state index contributed by atoms with van der Waals surface area (Å²) in [5, 5.41) is 0. The molecule has 0 amide bonds. The summed E-state index contributed by atoms with van der Waals surface area (Å²) < 4.78 is 5.76. The lowest BCUT2D eigenvalue weighted by Crippen LogP contribution is -2.19. The van der Waals surface area contributed by atoms with Crippen molar-refractivity contribution in [3.8, 4) is 5.75 Å². The van der Waals surface area contributed by atoms with E-state index in [4.69, 9.17) is 4.74 Å². The van der Waals surface area contributed by atoms with Crippen molar-refractivity contribution >= 4 is 5.78 Å². The zero-order chi connectivity index (χ0) is 15.3. The molecule has 0 heterocycles. The number of carbonyl (C=O) groups is 1. The minimum atomic E-state index is -0.000995. The van der Waals surface area contributed by atoms with Crippen molar-refractivity contribution in [2.45, 2.75) is 60.3 Å². The molecule has 0 saturated carbocycles. The first-order valence-corrected chi connectivity index (χ1v) is 7.69. The normalized spacial score (nSPS) is 12.6. The number of rotatable bonds is 7. The summed E-state index contributed by atoms with van der Waals surface area (Å²) in [7, 11) is 0. The van der Waals surface area contributed by atoms with Gasteiger partial charge < -0.3 is 4.74 Å². The molecule has 1 rings (SSSR count). The average Bonchev–Trinajstić information content (AvgIpc) is 2.42. The summed E-state index contributed by atoms with van der Waals surface area (Å²) in [5.74, 6) is 1.59. The van der Waals surface area contributed by atoms with E-state index in [0.29, 0.717) is 18.1 Å². The Hall–Kier alpha value is -1.31. The Morgan fingerprint density at radius 2 is 1.80 bits per heavy atom. The number of Topliss-reactive ketones (excluding diaryl/α,β-unsaturated/α-hetero) is 1. The Morgan fingerprint density at radius 1 is 1.15 bits per heavy atom. The molecular formula is C18H28O2. The zero-order valence-corrected chi connectivity index (χ0v) is 13.7. The lowest BCUT2D eigenvalue weighted by Gasteiger charge is -2.23. The number of ketones is 1. The van der Waals surface area contributed by atoms with E-state index in [-0.39, 0.29) is 5.92 Å². The molecule has 0 spiro atoms. The van der Waals surface area contributed by atoms with E-state index in [2.05, 4.69) is 40.7 Å². The quantitative estimate of drug-likeness (QED) is 0.714. The van der Waals surface area contributed by atoms with Gasteiger partial charge in [0.05, 0.1) is 6.61 Å². The third kappa shape index (κ3) is 3.62. The van der Waals surface area contributed by atoms with E-state index in [1.54, 1.807) is 0 Å². The molecule has 0 fully saturated rings. The fraction of sp³-hybridized carbons (Fsp3) is 0.611. The highest BCUT2D eigenvalue weighted by atomic mass is 16.5. The summed E-state index contributed by atoms with van der Waals surface area (Å²) in [4.78, 5) is 12.2. The van der Waals surface area contributed by atoms with E-state index >= 15 is 0 Å². The van der Waals surface area contributed by atoms with Crippen LogP contribution >= 0.6 is 0 Å². The van der Waals surface area contributed by atoms with E-state index in [1.807, 2.05) is 13.0 Å². The molecule has 0 aromatic heterocycles. The van der Waals surface area contributed by atoms with Crippen molar-refractivity contribution in [1.82, 2.24) is 0 Å². The molecule has 0 bridgehead atoms.